The van der Waals surface area contributed by atoms with Crippen molar-refractivity contribution in [3.8, 4) is 11.5 Å². The SMILES string of the molecule is COc1cc(Cl)c(/C=C(\C)[N+](=O)[O-])c(OC)c1. The van der Waals surface area contributed by atoms with E-state index in [-0.39, 0.29) is 5.70 Å². The van der Waals surface area contributed by atoms with Gasteiger partial charge in [-0.3, -0.25) is 10.1 Å². The van der Waals surface area contributed by atoms with Gasteiger partial charge in [-0.05, 0) is 6.07 Å². The summed E-state index contributed by atoms with van der Waals surface area (Å²) in [7, 11) is 2.97. The van der Waals surface area contributed by atoms with Crippen LogP contribution < -0.4 is 9.47 Å². The molecule has 0 aliphatic heterocycles. The van der Waals surface area contributed by atoms with E-state index in [0.717, 1.165) is 0 Å². The number of rotatable bonds is 4. The summed E-state index contributed by atoms with van der Waals surface area (Å²) < 4.78 is 10.1. The molecule has 0 saturated carbocycles. The first-order chi connectivity index (χ1) is 7.99. The quantitative estimate of drug-likeness (QED) is 0.614. The molecule has 1 aromatic carbocycles. The zero-order valence-corrected chi connectivity index (χ0v) is 10.4. The van der Waals surface area contributed by atoms with Crippen molar-refractivity contribution in [3.05, 3.63) is 38.5 Å². The number of nitro groups is 1. The molecule has 5 nitrogen and oxygen atoms in total. The number of allylic oxidation sites excluding steroid dienone is 1. The van der Waals surface area contributed by atoms with E-state index in [4.69, 9.17) is 21.1 Å². The van der Waals surface area contributed by atoms with Crippen LogP contribution >= 0.6 is 11.6 Å². The molecule has 0 fully saturated rings. The number of halogens is 1. The van der Waals surface area contributed by atoms with Crippen LogP contribution in [0.4, 0.5) is 0 Å². The molecule has 17 heavy (non-hydrogen) atoms. The Morgan fingerprint density at radius 2 is 2.06 bits per heavy atom. The molecule has 1 rings (SSSR count). The Morgan fingerprint density at radius 3 is 2.53 bits per heavy atom. The molecule has 0 spiro atoms. The number of ether oxygens (including phenoxy) is 2. The predicted molar refractivity (Wildman–Crippen MR) is 65.2 cm³/mol. The van der Waals surface area contributed by atoms with Gasteiger partial charge in [0.25, 0.3) is 0 Å². The van der Waals surface area contributed by atoms with Gasteiger partial charge in [0.2, 0.25) is 5.70 Å². The number of hydrogen-bond donors (Lipinski definition) is 0. The summed E-state index contributed by atoms with van der Waals surface area (Å²) in [5.74, 6) is 0.957. The standard InChI is InChI=1S/C11H12ClNO4/c1-7(13(14)15)4-9-10(12)5-8(16-2)6-11(9)17-3/h4-6H,1-3H3/b7-4+. The molecule has 6 heteroatoms. The van der Waals surface area contributed by atoms with Gasteiger partial charge in [-0.2, -0.15) is 0 Å². The third-order valence-corrected chi connectivity index (χ3v) is 2.47. The Balaban J connectivity index is 3.32. The first kappa shape index (κ1) is 13.3. The van der Waals surface area contributed by atoms with E-state index < -0.39 is 4.92 Å². The molecule has 0 saturated heterocycles. The summed E-state index contributed by atoms with van der Waals surface area (Å²) in [6, 6.07) is 3.19. The van der Waals surface area contributed by atoms with Crippen molar-refractivity contribution in [2.24, 2.45) is 0 Å². The highest BCUT2D eigenvalue weighted by Gasteiger charge is 2.12. The first-order valence-corrected chi connectivity index (χ1v) is 5.11. The molecular formula is C11H12ClNO4. The van der Waals surface area contributed by atoms with Crippen molar-refractivity contribution < 1.29 is 14.4 Å². The second-order valence-corrected chi connectivity index (χ2v) is 3.68. The van der Waals surface area contributed by atoms with Gasteiger partial charge >= 0.3 is 0 Å². The van der Waals surface area contributed by atoms with Crippen molar-refractivity contribution in [3.63, 3.8) is 0 Å². The van der Waals surface area contributed by atoms with E-state index in [1.165, 1.54) is 27.2 Å². The van der Waals surface area contributed by atoms with Crippen molar-refractivity contribution in [1.82, 2.24) is 0 Å². The second kappa shape index (κ2) is 5.54. The van der Waals surface area contributed by atoms with Gasteiger partial charge < -0.3 is 9.47 Å². The Bertz CT molecular complexity index is 471. The molecule has 0 aliphatic rings. The molecule has 0 bridgehead atoms. The number of benzene rings is 1. The smallest absolute Gasteiger partial charge is 0.243 e. The topological polar surface area (TPSA) is 61.6 Å². The lowest BCUT2D eigenvalue weighted by Gasteiger charge is -2.09. The zero-order chi connectivity index (χ0) is 13.0. The number of nitrogens with zero attached hydrogens (tertiary/aromatic N) is 1. The van der Waals surface area contributed by atoms with Gasteiger partial charge in [0.1, 0.15) is 11.5 Å². The maximum atomic E-state index is 10.6. The van der Waals surface area contributed by atoms with Crippen LogP contribution in [0.25, 0.3) is 6.08 Å². The lowest BCUT2D eigenvalue weighted by Crippen LogP contribution is -1.96. The zero-order valence-electron chi connectivity index (χ0n) is 9.69. The van der Waals surface area contributed by atoms with E-state index >= 15 is 0 Å². The van der Waals surface area contributed by atoms with Gasteiger partial charge in [0.15, 0.2) is 0 Å². The summed E-state index contributed by atoms with van der Waals surface area (Å²) in [6.45, 7) is 1.39. The van der Waals surface area contributed by atoms with Crippen LogP contribution in [-0.2, 0) is 0 Å². The van der Waals surface area contributed by atoms with Crippen LogP contribution in [-0.4, -0.2) is 19.1 Å². The molecule has 0 atom stereocenters. The summed E-state index contributed by atoms with van der Waals surface area (Å²) in [6.07, 6.45) is 1.36. The van der Waals surface area contributed by atoms with Crippen LogP contribution in [0, 0.1) is 10.1 Å². The van der Waals surface area contributed by atoms with Crippen LogP contribution in [0.2, 0.25) is 5.02 Å². The molecule has 0 radical (unpaired) electrons. The van der Waals surface area contributed by atoms with Crippen molar-refractivity contribution in [2.45, 2.75) is 6.92 Å². The van der Waals surface area contributed by atoms with Crippen molar-refractivity contribution >= 4 is 17.7 Å². The van der Waals surface area contributed by atoms with Gasteiger partial charge in [-0.15, -0.1) is 0 Å². The maximum absolute atomic E-state index is 10.6. The number of methoxy groups -OCH3 is 2. The monoisotopic (exact) mass is 257 g/mol. The van der Waals surface area contributed by atoms with Gasteiger partial charge in [0, 0.05) is 24.6 Å². The van der Waals surface area contributed by atoms with Crippen LogP contribution in [0.1, 0.15) is 12.5 Å². The van der Waals surface area contributed by atoms with E-state index in [2.05, 4.69) is 0 Å². The molecule has 1 aromatic rings. The fourth-order valence-electron chi connectivity index (χ4n) is 1.26. The van der Waals surface area contributed by atoms with Crippen molar-refractivity contribution in [2.75, 3.05) is 14.2 Å². The minimum Gasteiger partial charge on any atom is -0.497 e. The minimum atomic E-state index is -0.486. The molecule has 0 N–H and O–H groups in total. The Hall–Kier alpha value is -1.75. The normalized spacial score (nSPS) is 11.2. The lowest BCUT2D eigenvalue weighted by atomic mass is 10.1. The highest BCUT2D eigenvalue weighted by Crippen LogP contribution is 2.33. The minimum absolute atomic E-state index is 0.0182. The average Bonchev–Trinajstić information content (AvgIpc) is 2.30. The Kier molecular flexibility index (Phi) is 4.34. The predicted octanol–water partition coefficient (Wildman–Crippen LogP) is 2.99. The largest absolute Gasteiger partial charge is 0.497 e. The van der Waals surface area contributed by atoms with E-state index in [0.29, 0.717) is 22.1 Å². The molecular weight excluding hydrogens is 246 g/mol. The third-order valence-electron chi connectivity index (χ3n) is 2.16. The summed E-state index contributed by atoms with van der Waals surface area (Å²) in [4.78, 5) is 10.1. The summed E-state index contributed by atoms with van der Waals surface area (Å²) >= 11 is 6.01. The van der Waals surface area contributed by atoms with E-state index in [1.54, 1.807) is 12.1 Å². The highest BCUT2D eigenvalue weighted by atomic mass is 35.5. The van der Waals surface area contributed by atoms with Gasteiger partial charge in [-0.1, -0.05) is 11.6 Å². The van der Waals surface area contributed by atoms with Crippen LogP contribution in [0.15, 0.2) is 17.8 Å². The molecule has 0 aliphatic carbocycles. The Morgan fingerprint density at radius 1 is 1.41 bits per heavy atom. The van der Waals surface area contributed by atoms with Gasteiger partial charge in [-0.25, -0.2) is 0 Å². The second-order valence-electron chi connectivity index (χ2n) is 3.27. The van der Waals surface area contributed by atoms with Gasteiger partial charge in [0.05, 0.1) is 24.2 Å². The third kappa shape index (κ3) is 3.10. The van der Waals surface area contributed by atoms with E-state index in [1.807, 2.05) is 0 Å². The molecule has 0 unspecified atom stereocenters. The fraction of sp³-hybridized carbons (Fsp3) is 0.273. The summed E-state index contributed by atoms with van der Waals surface area (Å²) in [5, 5.41) is 10.9. The molecule has 0 heterocycles. The molecule has 92 valence electrons. The number of hydrogen-bond acceptors (Lipinski definition) is 4. The molecule has 0 amide bonds. The van der Waals surface area contributed by atoms with Crippen LogP contribution in [0.3, 0.4) is 0 Å². The first-order valence-electron chi connectivity index (χ1n) is 4.73. The average molecular weight is 258 g/mol. The fourth-order valence-corrected chi connectivity index (χ4v) is 1.51. The highest BCUT2D eigenvalue weighted by molar-refractivity contribution is 6.32. The molecule has 0 aromatic heterocycles. The Labute approximate surface area is 104 Å². The van der Waals surface area contributed by atoms with Crippen molar-refractivity contribution in [1.29, 1.82) is 0 Å². The van der Waals surface area contributed by atoms with Crippen LogP contribution in [0.5, 0.6) is 11.5 Å². The lowest BCUT2D eigenvalue weighted by molar-refractivity contribution is -0.422. The van der Waals surface area contributed by atoms with E-state index in [9.17, 15) is 10.1 Å². The summed E-state index contributed by atoms with van der Waals surface area (Å²) in [5.41, 5.74) is 0.444. The maximum Gasteiger partial charge on any atom is 0.243 e.